The van der Waals surface area contributed by atoms with Crippen molar-refractivity contribution in [3.63, 3.8) is 0 Å². The highest BCUT2D eigenvalue weighted by molar-refractivity contribution is 5.47. The van der Waals surface area contributed by atoms with Crippen molar-refractivity contribution in [3.8, 4) is 5.75 Å². The number of hydrogen-bond acceptors (Lipinski definition) is 2. The van der Waals surface area contributed by atoms with Gasteiger partial charge in [0.1, 0.15) is 5.75 Å². The third-order valence-corrected chi connectivity index (χ3v) is 4.33. The van der Waals surface area contributed by atoms with E-state index in [1.165, 1.54) is 5.56 Å². The van der Waals surface area contributed by atoms with E-state index in [0.717, 1.165) is 28.7 Å². The number of aliphatic hydroxyl groups is 1. The van der Waals surface area contributed by atoms with Crippen LogP contribution >= 0.6 is 0 Å². The molecule has 1 unspecified atom stereocenters. The first-order valence-corrected chi connectivity index (χ1v) is 8.71. The minimum atomic E-state index is -0.484. The molecule has 2 N–H and O–H groups in total. The van der Waals surface area contributed by atoms with Crippen molar-refractivity contribution in [3.05, 3.63) is 101 Å². The van der Waals surface area contributed by atoms with Crippen molar-refractivity contribution in [1.82, 2.24) is 0 Å². The normalized spacial score (nSPS) is 12.1. The van der Waals surface area contributed by atoms with Crippen molar-refractivity contribution < 1.29 is 10.2 Å². The van der Waals surface area contributed by atoms with E-state index >= 15 is 0 Å². The van der Waals surface area contributed by atoms with Crippen LogP contribution in [0, 0.1) is 0 Å². The number of hydrogen-bond donors (Lipinski definition) is 2. The summed E-state index contributed by atoms with van der Waals surface area (Å²) in [4.78, 5) is 0. The van der Waals surface area contributed by atoms with Crippen molar-refractivity contribution in [2.45, 2.75) is 32.3 Å². The van der Waals surface area contributed by atoms with Crippen molar-refractivity contribution in [1.29, 1.82) is 0 Å². The van der Waals surface area contributed by atoms with Crippen LogP contribution in [0.5, 0.6) is 5.75 Å². The molecule has 0 aliphatic heterocycles. The van der Waals surface area contributed by atoms with Gasteiger partial charge < -0.3 is 10.2 Å². The second kappa shape index (κ2) is 8.00. The molecule has 0 aromatic heterocycles. The zero-order valence-corrected chi connectivity index (χ0v) is 14.5. The maximum absolute atomic E-state index is 10.7. The summed E-state index contributed by atoms with van der Waals surface area (Å²) in [6.45, 7) is 1.75. The Morgan fingerprint density at radius 3 is 1.80 bits per heavy atom. The SMILES string of the molecule is CC(O)Cc1cc(Cc2ccccc2)cc(Cc2ccccc2)c1O. The lowest BCUT2D eigenvalue weighted by molar-refractivity contribution is 0.194. The molecule has 0 bridgehead atoms. The Balaban J connectivity index is 1.95. The molecule has 0 fully saturated rings. The predicted molar refractivity (Wildman–Crippen MR) is 102 cm³/mol. The molecule has 3 aromatic rings. The van der Waals surface area contributed by atoms with Crippen LogP contribution < -0.4 is 0 Å². The predicted octanol–water partition coefficient (Wildman–Crippen LogP) is 4.50. The molecular weight excluding hydrogens is 308 g/mol. The highest BCUT2D eigenvalue weighted by Gasteiger charge is 2.13. The Morgan fingerprint density at radius 1 is 0.720 bits per heavy atom. The maximum Gasteiger partial charge on any atom is 0.122 e. The second-order valence-corrected chi connectivity index (χ2v) is 6.64. The Kier molecular flexibility index (Phi) is 5.52. The van der Waals surface area contributed by atoms with E-state index in [9.17, 15) is 10.2 Å². The molecule has 3 rings (SSSR count). The average molecular weight is 332 g/mol. The number of phenols is 1. The molecule has 128 valence electrons. The molecule has 0 amide bonds. The second-order valence-electron chi connectivity index (χ2n) is 6.64. The largest absolute Gasteiger partial charge is 0.507 e. The van der Waals surface area contributed by atoms with Gasteiger partial charge in [-0.15, -0.1) is 0 Å². The number of aromatic hydroxyl groups is 1. The van der Waals surface area contributed by atoms with Gasteiger partial charge in [0.2, 0.25) is 0 Å². The molecule has 1 atom stereocenters. The van der Waals surface area contributed by atoms with Gasteiger partial charge in [-0.1, -0.05) is 72.8 Å². The van der Waals surface area contributed by atoms with E-state index in [1.54, 1.807) is 6.92 Å². The van der Waals surface area contributed by atoms with Crippen LogP contribution in [0.25, 0.3) is 0 Å². The Labute approximate surface area is 149 Å². The quantitative estimate of drug-likeness (QED) is 0.698. The highest BCUT2D eigenvalue weighted by atomic mass is 16.3. The van der Waals surface area contributed by atoms with Gasteiger partial charge in [0.25, 0.3) is 0 Å². The zero-order valence-electron chi connectivity index (χ0n) is 14.5. The standard InChI is InChI=1S/C23H24O2/c1-17(24)12-21-15-20(13-18-8-4-2-5-9-18)16-22(23(21)25)14-19-10-6-3-7-11-19/h2-11,15-17,24-25H,12-14H2,1H3. The molecule has 0 saturated heterocycles. The molecule has 2 nitrogen and oxygen atoms in total. The van der Waals surface area contributed by atoms with Crippen molar-refractivity contribution in [2.75, 3.05) is 0 Å². The lowest BCUT2D eigenvalue weighted by Crippen LogP contribution is -2.06. The molecule has 0 aliphatic carbocycles. The van der Waals surface area contributed by atoms with Crippen LogP contribution in [0.2, 0.25) is 0 Å². The van der Waals surface area contributed by atoms with Crippen LogP contribution in [0.3, 0.4) is 0 Å². The first kappa shape index (κ1) is 17.2. The molecule has 0 aliphatic rings. The Bertz CT molecular complexity index is 808. The molecule has 0 saturated carbocycles. The summed E-state index contributed by atoms with van der Waals surface area (Å²) in [5.41, 5.74) is 5.29. The van der Waals surface area contributed by atoms with E-state index in [0.29, 0.717) is 18.6 Å². The summed E-state index contributed by atoms with van der Waals surface area (Å²) >= 11 is 0. The first-order valence-electron chi connectivity index (χ1n) is 8.71. The summed E-state index contributed by atoms with van der Waals surface area (Å²) in [6.07, 6.45) is 1.47. The molecule has 3 aromatic carbocycles. The molecule has 0 heterocycles. The van der Waals surface area contributed by atoms with Gasteiger partial charge >= 0.3 is 0 Å². The van der Waals surface area contributed by atoms with Crippen LogP contribution in [-0.4, -0.2) is 16.3 Å². The van der Waals surface area contributed by atoms with Gasteiger partial charge in [-0.05, 0) is 41.2 Å². The minimum Gasteiger partial charge on any atom is -0.507 e. The third kappa shape index (κ3) is 4.71. The fourth-order valence-corrected chi connectivity index (χ4v) is 3.19. The molecule has 2 heteroatoms. The zero-order chi connectivity index (χ0) is 17.6. The molecule has 0 radical (unpaired) electrons. The number of benzene rings is 3. The highest BCUT2D eigenvalue weighted by Crippen LogP contribution is 2.29. The number of phenolic OH excluding ortho intramolecular Hbond substituents is 1. The smallest absolute Gasteiger partial charge is 0.122 e. The van der Waals surface area contributed by atoms with E-state index in [2.05, 4.69) is 30.3 Å². The third-order valence-electron chi connectivity index (χ3n) is 4.33. The lowest BCUT2D eigenvalue weighted by Gasteiger charge is -2.15. The summed E-state index contributed by atoms with van der Waals surface area (Å²) < 4.78 is 0. The van der Waals surface area contributed by atoms with Crippen molar-refractivity contribution in [2.24, 2.45) is 0 Å². The first-order chi connectivity index (χ1) is 12.1. The molecular formula is C23H24O2. The average Bonchev–Trinajstić information content (AvgIpc) is 2.60. The molecule has 0 spiro atoms. The summed E-state index contributed by atoms with van der Waals surface area (Å²) in [7, 11) is 0. The lowest BCUT2D eigenvalue weighted by atomic mass is 9.93. The number of rotatable bonds is 6. The van der Waals surface area contributed by atoms with E-state index in [1.807, 2.05) is 42.5 Å². The molecule has 25 heavy (non-hydrogen) atoms. The fraction of sp³-hybridized carbons (Fsp3) is 0.217. The van der Waals surface area contributed by atoms with E-state index in [-0.39, 0.29) is 0 Å². The fourth-order valence-electron chi connectivity index (χ4n) is 3.19. The van der Waals surface area contributed by atoms with E-state index < -0.39 is 6.10 Å². The van der Waals surface area contributed by atoms with Gasteiger partial charge in [-0.25, -0.2) is 0 Å². The summed E-state index contributed by atoms with van der Waals surface area (Å²) in [5, 5.41) is 20.5. The topological polar surface area (TPSA) is 40.5 Å². The minimum absolute atomic E-state index is 0.307. The van der Waals surface area contributed by atoms with Crippen LogP contribution in [0.4, 0.5) is 0 Å². The summed E-state index contributed by atoms with van der Waals surface area (Å²) in [6, 6.07) is 24.6. The van der Waals surface area contributed by atoms with Gasteiger partial charge in [0.05, 0.1) is 6.10 Å². The van der Waals surface area contributed by atoms with Gasteiger partial charge in [-0.2, -0.15) is 0 Å². The van der Waals surface area contributed by atoms with Gasteiger partial charge in [-0.3, -0.25) is 0 Å². The summed E-state index contributed by atoms with van der Waals surface area (Å²) in [5.74, 6) is 0.307. The van der Waals surface area contributed by atoms with Gasteiger partial charge in [0.15, 0.2) is 0 Å². The monoisotopic (exact) mass is 332 g/mol. The Morgan fingerprint density at radius 2 is 1.24 bits per heavy atom. The maximum atomic E-state index is 10.7. The van der Waals surface area contributed by atoms with Crippen LogP contribution in [0.1, 0.15) is 34.7 Å². The van der Waals surface area contributed by atoms with E-state index in [4.69, 9.17) is 0 Å². The van der Waals surface area contributed by atoms with Crippen LogP contribution in [-0.2, 0) is 19.3 Å². The van der Waals surface area contributed by atoms with Crippen LogP contribution in [0.15, 0.2) is 72.8 Å². The Hall–Kier alpha value is -2.58. The number of aliphatic hydroxyl groups excluding tert-OH is 1. The van der Waals surface area contributed by atoms with Crippen molar-refractivity contribution >= 4 is 0 Å². The van der Waals surface area contributed by atoms with Gasteiger partial charge in [0, 0.05) is 12.8 Å².